The summed E-state index contributed by atoms with van der Waals surface area (Å²) in [6, 6.07) is 33.4. The molecule has 0 spiro atoms. The Kier molecular flexibility index (Phi) is 17.1. The average molecular weight is 562 g/mol. The van der Waals surface area contributed by atoms with Crippen LogP contribution in [0.2, 0.25) is 0 Å². The van der Waals surface area contributed by atoms with Gasteiger partial charge in [-0.3, -0.25) is 0 Å². The van der Waals surface area contributed by atoms with Crippen LogP contribution in [0.15, 0.2) is 91.0 Å². The van der Waals surface area contributed by atoms with Crippen molar-refractivity contribution in [3.63, 3.8) is 0 Å². The third-order valence-electron chi connectivity index (χ3n) is 8.38. The summed E-state index contributed by atoms with van der Waals surface area (Å²) >= 11 is 0. The standard InChI is InChI=1S/C22H24P.C16H36N/c1-2-3-19-23(20-13-7-4-8-14-20,21-15-9-5-10-16-21)22-17-11-6-12-18-22;1-5-9-13-17(14-10-6-2,15-11-7-3)16-12-8-4/h4-18H,2-3,19H2,1H3;5-16H2,1-4H3/q2*+1. The SMILES string of the molecule is CCCC[N+](CCCC)(CCCC)CCCC.CCCC[P+](c1ccccc1)(c1ccccc1)c1ccccc1. The molecule has 0 saturated carbocycles. The van der Waals surface area contributed by atoms with Crippen molar-refractivity contribution < 1.29 is 4.48 Å². The minimum Gasteiger partial charge on any atom is -0.324 e. The lowest BCUT2D eigenvalue weighted by Crippen LogP contribution is -2.50. The van der Waals surface area contributed by atoms with Gasteiger partial charge in [-0.05, 0) is 68.5 Å². The van der Waals surface area contributed by atoms with Gasteiger partial charge in [-0.2, -0.15) is 0 Å². The topological polar surface area (TPSA) is 0 Å². The number of rotatable bonds is 18. The molecule has 0 aliphatic heterocycles. The first-order valence-corrected chi connectivity index (χ1v) is 18.5. The summed E-state index contributed by atoms with van der Waals surface area (Å²) in [6.07, 6.45) is 14.8. The van der Waals surface area contributed by atoms with Crippen LogP contribution in [0.25, 0.3) is 0 Å². The highest BCUT2D eigenvalue weighted by molar-refractivity contribution is 7.95. The molecule has 220 valence electrons. The molecule has 1 nitrogen and oxygen atoms in total. The summed E-state index contributed by atoms with van der Waals surface area (Å²) in [5.74, 6) is 0. The van der Waals surface area contributed by atoms with Crippen LogP contribution in [0.5, 0.6) is 0 Å². The van der Waals surface area contributed by atoms with Crippen LogP contribution in [-0.4, -0.2) is 36.8 Å². The maximum absolute atomic E-state index is 2.33. The van der Waals surface area contributed by atoms with Crippen molar-refractivity contribution in [2.45, 2.75) is 98.8 Å². The van der Waals surface area contributed by atoms with Gasteiger partial charge in [0.25, 0.3) is 0 Å². The number of hydrogen-bond donors (Lipinski definition) is 0. The zero-order chi connectivity index (χ0) is 28.9. The fourth-order valence-corrected chi connectivity index (χ4v) is 10.4. The second-order valence-corrected chi connectivity index (χ2v) is 15.2. The van der Waals surface area contributed by atoms with E-state index in [4.69, 9.17) is 0 Å². The van der Waals surface area contributed by atoms with Crippen molar-refractivity contribution in [2.75, 3.05) is 32.3 Å². The molecular formula is C38H60NP+2. The smallest absolute Gasteiger partial charge is 0.112 e. The Labute approximate surface area is 249 Å². The summed E-state index contributed by atoms with van der Waals surface area (Å²) in [4.78, 5) is 0. The molecule has 3 aromatic rings. The number of quaternary nitrogens is 1. The molecule has 0 aliphatic carbocycles. The zero-order valence-electron chi connectivity index (χ0n) is 26.7. The lowest BCUT2D eigenvalue weighted by molar-refractivity contribution is -0.929. The predicted molar refractivity (Wildman–Crippen MR) is 184 cm³/mol. The van der Waals surface area contributed by atoms with E-state index >= 15 is 0 Å². The summed E-state index contributed by atoms with van der Waals surface area (Å²) in [6.45, 7) is 17.3. The maximum atomic E-state index is 2.33. The van der Waals surface area contributed by atoms with E-state index in [0.29, 0.717) is 0 Å². The summed E-state index contributed by atoms with van der Waals surface area (Å²) in [5.41, 5.74) is 0. The Balaban J connectivity index is 0.000000296. The summed E-state index contributed by atoms with van der Waals surface area (Å²) in [7, 11) is -1.57. The monoisotopic (exact) mass is 561 g/mol. The Morgan fingerprint density at radius 2 is 0.675 bits per heavy atom. The molecule has 40 heavy (non-hydrogen) atoms. The van der Waals surface area contributed by atoms with E-state index in [0.717, 1.165) is 0 Å². The molecular weight excluding hydrogens is 501 g/mol. The fraction of sp³-hybridized carbons (Fsp3) is 0.526. The van der Waals surface area contributed by atoms with Crippen LogP contribution in [0.1, 0.15) is 98.8 Å². The fourth-order valence-electron chi connectivity index (χ4n) is 5.92. The maximum Gasteiger partial charge on any atom is 0.112 e. The Hall–Kier alpha value is -1.95. The lowest BCUT2D eigenvalue weighted by atomic mass is 10.1. The predicted octanol–water partition coefficient (Wildman–Crippen LogP) is 9.78. The third-order valence-corrected chi connectivity index (χ3v) is 12.9. The molecule has 0 N–H and O–H groups in total. The van der Waals surface area contributed by atoms with Gasteiger partial charge in [-0.15, -0.1) is 0 Å². The molecule has 2 heteroatoms. The number of benzene rings is 3. The molecule has 3 aromatic carbocycles. The Bertz CT molecular complexity index is 852. The first kappa shape index (κ1) is 34.3. The van der Waals surface area contributed by atoms with E-state index < -0.39 is 7.26 Å². The van der Waals surface area contributed by atoms with Crippen molar-refractivity contribution in [1.82, 2.24) is 0 Å². The molecule has 0 fully saturated rings. The van der Waals surface area contributed by atoms with Gasteiger partial charge in [0.1, 0.15) is 23.2 Å². The molecule has 0 radical (unpaired) electrons. The molecule has 0 heterocycles. The Morgan fingerprint density at radius 3 is 0.925 bits per heavy atom. The van der Waals surface area contributed by atoms with Gasteiger partial charge < -0.3 is 4.48 Å². The van der Waals surface area contributed by atoms with Crippen molar-refractivity contribution in [3.05, 3.63) is 91.0 Å². The highest BCUT2D eigenvalue weighted by Crippen LogP contribution is 2.55. The highest BCUT2D eigenvalue weighted by atomic mass is 31.2. The largest absolute Gasteiger partial charge is 0.324 e. The molecule has 0 atom stereocenters. The van der Waals surface area contributed by atoms with E-state index in [2.05, 4.69) is 126 Å². The molecule has 0 aliphatic rings. The summed E-state index contributed by atoms with van der Waals surface area (Å²) in [5, 5.41) is 4.47. The van der Waals surface area contributed by atoms with Crippen LogP contribution in [0, 0.1) is 0 Å². The normalized spacial score (nSPS) is 11.6. The van der Waals surface area contributed by atoms with Gasteiger partial charge in [-0.1, -0.05) is 121 Å². The quantitative estimate of drug-likeness (QED) is 0.107. The van der Waals surface area contributed by atoms with E-state index in [1.807, 2.05) is 0 Å². The van der Waals surface area contributed by atoms with E-state index in [-0.39, 0.29) is 0 Å². The molecule has 0 saturated heterocycles. The number of nitrogens with zero attached hydrogens (tertiary/aromatic N) is 1. The van der Waals surface area contributed by atoms with Crippen molar-refractivity contribution >= 4 is 23.2 Å². The highest BCUT2D eigenvalue weighted by Gasteiger charge is 2.44. The van der Waals surface area contributed by atoms with Gasteiger partial charge in [0.2, 0.25) is 0 Å². The van der Waals surface area contributed by atoms with Gasteiger partial charge in [0.15, 0.2) is 0 Å². The lowest BCUT2D eigenvalue weighted by Gasteiger charge is -2.39. The minimum atomic E-state index is -1.57. The van der Waals surface area contributed by atoms with Crippen LogP contribution in [-0.2, 0) is 0 Å². The zero-order valence-corrected chi connectivity index (χ0v) is 27.6. The summed E-state index contributed by atoms with van der Waals surface area (Å²) < 4.78 is 1.42. The van der Waals surface area contributed by atoms with E-state index in [9.17, 15) is 0 Å². The Morgan fingerprint density at radius 1 is 0.400 bits per heavy atom. The second kappa shape index (κ2) is 20.0. The van der Waals surface area contributed by atoms with Crippen LogP contribution in [0.4, 0.5) is 0 Å². The van der Waals surface area contributed by atoms with Crippen molar-refractivity contribution in [2.24, 2.45) is 0 Å². The molecule has 0 amide bonds. The van der Waals surface area contributed by atoms with Crippen LogP contribution >= 0.6 is 7.26 Å². The first-order valence-electron chi connectivity index (χ1n) is 16.5. The molecule has 0 aromatic heterocycles. The minimum absolute atomic E-state index is 1.23. The van der Waals surface area contributed by atoms with E-state index in [1.54, 1.807) is 0 Å². The van der Waals surface area contributed by atoms with Crippen molar-refractivity contribution in [3.8, 4) is 0 Å². The van der Waals surface area contributed by atoms with Crippen LogP contribution < -0.4 is 15.9 Å². The van der Waals surface area contributed by atoms with Crippen LogP contribution in [0.3, 0.4) is 0 Å². The number of hydrogen-bond acceptors (Lipinski definition) is 0. The van der Waals surface area contributed by atoms with Crippen molar-refractivity contribution in [1.29, 1.82) is 0 Å². The third kappa shape index (κ3) is 10.5. The second-order valence-electron chi connectivity index (χ2n) is 11.5. The van der Waals surface area contributed by atoms with Gasteiger partial charge in [0, 0.05) is 0 Å². The number of unbranched alkanes of at least 4 members (excludes halogenated alkanes) is 5. The molecule has 0 bridgehead atoms. The van der Waals surface area contributed by atoms with Gasteiger partial charge in [-0.25, -0.2) is 0 Å². The molecule has 0 unspecified atom stereocenters. The van der Waals surface area contributed by atoms with E-state index in [1.165, 1.54) is 117 Å². The average Bonchev–Trinajstić information content (AvgIpc) is 3.02. The molecule has 3 rings (SSSR count). The van der Waals surface area contributed by atoms with Gasteiger partial charge >= 0.3 is 0 Å². The van der Waals surface area contributed by atoms with Gasteiger partial charge in [0.05, 0.1) is 32.3 Å². The first-order chi connectivity index (χ1) is 19.6.